The van der Waals surface area contributed by atoms with E-state index in [-0.39, 0.29) is 23.7 Å². The van der Waals surface area contributed by atoms with Crippen LogP contribution in [0.2, 0.25) is 0 Å². The summed E-state index contributed by atoms with van der Waals surface area (Å²) in [6, 6.07) is 5.15. The van der Waals surface area contributed by atoms with E-state index < -0.39 is 0 Å². The summed E-state index contributed by atoms with van der Waals surface area (Å²) in [6.45, 7) is 9.15. The second-order valence-electron chi connectivity index (χ2n) is 5.99. The molecule has 0 fully saturated rings. The Morgan fingerprint density at radius 3 is 2.57 bits per heavy atom. The maximum atomic E-state index is 12.5. The lowest BCUT2D eigenvalue weighted by molar-refractivity contribution is 0.0740. The molecular weight excluding hydrogens is 316 g/mol. The molecule has 5 nitrogen and oxygen atoms in total. The van der Waals surface area contributed by atoms with Crippen LogP contribution >= 0.6 is 12.4 Å². The zero-order valence-corrected chi connectivity index (χ0v) is 15.1. The Labute approximate surface area is 144 Å². The summed E-state index contributed by atoms with van der Waals surface area (Å²) in [5.74, 6) is 1.04. The van der Waals surface area contributed by atoms with Crippen molar-refractivity contribution >= 4 is 18.3 Å². The monoisotopic (exact) mass is 342 g/mol. The first-order chi connectivity index (χ1) is 10.3. The molecule has 0 aliphatic heterocycles. The molecule has 0 aliphatic rings. The van der Waals surface area contributed by atoms with Crippen molar-refractivity contribution < 1.29 is 14.3 Å². The second-order valence-corrected chi connectivity index (χ2v) is 5.99. The van der Waals surface area contributed by atoms with Gasteiger partial charge in [-0.3, -0.25) is 4.79 Å². The number of nitrogens with zero attached hydrogens (tertiary/aromatic N) is 1. The molecule has 0 aliphatic carbocycles. The van der Waals surface area contributed by atoms with E-state index in [9.17, 15) is 4.79 Å². The van der Waals surface area contributed by atoms with E-state index >= 15 is 0 Å². The van der Waals surface area contributed by atoms with Crippen molar-refractivity contribution in [2.24, 2.45) is 11.1 Å². The summed E-state index contributed by atoms with van der Waals surface area (Å²) in [4.78, 5) is 14.2. The van der Waals surface area contributed by atoms with Crippen molar-refractivity contribution in [3.8, 4) is 11.5 Å². The largest absolute Gasteiger partial charge is 0.493 e. The van der Waals surface area contributed by atoms with Gasteiger partial charge in [-0.1, -0.05) is 26.5 Å². The summed E-state index contributed by atoms with van der Waals surface area (Å²) in [6.07, 6.45) is 1.65. The molecule has 6 heteroatoms. The third kappa shape index (κ3) is 6.12. The number of methoxy groups -OCH3 is 1. The zero-order valence-electron chi connectivity index (χ0n) is 14.3. The first-order valence-electron chi connectivity index (χ1n) is 7.22. The van der Waals surface area contributed by atoms with Crippen LogP contribution < -0.4 is 15.2 Å². The number of carbonyl (C=O) groups is 1. The molecule has 0 saturated carbocycles. The topological polar surface area (TPSA) is 64.8 Å². The summed E-state index contributed by atoms with van der Waals surface area (Å²) < 4.78 is 10.8. The van der Waals surface area contributed by atoms with E-state index in [1.165, 1.54) is 0 Å². The number of nitrogens with two attached hydrogens (primary N) is 1. The number of benzene rings is 1. The number of carbonyl (C=O) groups excluding carboxylic acids is 1. The summed E-state index contributed by atoms with van der Waals surface area (Å²) in [5.41, 5.74) is 6.15. The van der Waals surface area contributed by atoms with Crippen LogP contribution in [0.3, 0.4) is 0 Å². The Hall–Kier alpha value is -1.72. The van der Waals surface area contributed by atoms with Crippen LogP contribution in [0.15, 0.2) is 30.9 Å². The molecule has 0 unspecified atom stereocenters. The van der Waals surface area contributed by atoms with Gasteiger partial charge in [0.15, 0.2) is 11.5 Å². The average Bonchev–Trinajstić information content (AvgIpc) is 2.51. The molecule has 0 heterocycles. The molecule has 1 amide bonds. The molecule has 0 radical (unpaired) electrons. The van der Waals surface area contributed by atoms with Gasteiger partial charge in [0.1, 0.15) is 6.61 Å². The fourth-order valence-electron chi connectivity index (χ4n) is 2.07. The molecule has 0 bridgehead atoms. The van der Waals surface area contributed by atoms with Gasteiger partial charge in [-0.2, -0.15) is 0 Å². The van der Waals surface area contributed by atoms with E-state index in [2.05, 4.69) is 6.58 Å². The van der Waals surface area contributed by atoms with Crippen LogP contribution in [0, 0.1) is 5.41 Å². The SMILES string of the molecule is C=CCOc1ccc(C(=O)N(C)CC(C)(C)CN)cc1OC.Cl. The third-order valence-electron chi connectivity index (χ3n) is 3.33. The molecule has 23 heavy (non-hydrogen) atoms. The van der Waals surface area contributed by atoms with Crippen LogP contribution in [0.4, 0.5) is 0 Å². The van der Waals surface area contributed by atoms with Crippen molar-refractivity contribution in [1.29, 1.82) is 0 Å². The molecule has 0 saturated heterocycles. The van der Waals surface area contributed by atoms with Crippen LogP contribution in [-0.4, -0.2) is 44.7 Å². The Morgan fingerprint density at radius 1 is 1.39 bits per heavy atom. The van der Waals surface area contributed by atoms with E-state index in [0.717, 1.165) is 0 Å². The number of halogens is 1. The maximum absolute atomic E-state index is 12.5. The maximum Gasteiger partial charge on any atom is 0.253 e. The van der Waals surface area contributed by atoms with Crippen LogP contribution in [0.25, 0.3) is 0 Å². The lowest BCUT2D eigenvalue weighted by Gasteiger charge is -2.29. The number of rotatable bonds is 8. The highest BCUT2D eigenvalue weighted by Gasteiger charge is 2.22. The first kappa shape index (κ1) is 21.3. The van der Waals surface area contributed by atoms with Gasteiger partial charge >= 0.3 is 0 Å². The number of ether oxygens (including phenoxy) is 2. The van der Waals surface area contributed by atoms with E-state index in [0.29, 0.717) is 36.8 Å². The van der Waals surface area contributed by atoms with Crippen LogP contribution in [0.5, 0.6) is 11.5 Å². The van der Waals surface area contributed by atoms with Crippen molar-refractivity contribution in [3.05, 3.63) is 36.4 Å². The fourth-order valence-corrected chi connectivity index (χ4v) is 2.07. The molecule has 1 rings (SSSR count). The predicted octanol–water partition coefficient (Wildman–Crippen LogP) is 2.74. The molecule has 1 aromatic carbocycles. The highest BCUT2D eigenvalue weighted by molar-refractivity contribution is 5.94. The Balaban J connectivity index is 0.00000484. The van der Waals surface area contributed by atoms with Gasteiger partial charge in [-0.05, 0) is 30.2 Å². The van der Waals surface area contributed by atoms with E-state index in [1.807, 2.05) is 13.8 Å². The van der Waals surface area contributed by atoms with Gasteiger partial charge < -0.3 is 20.1 Å². The normalized spacial score (nSPS) is 10.5. The minimum Gasteiger partial charge on any atom is -0.493 e. The quantitative estimate of drug-likeness (QED) is 0.738. The fraction of sp³-hybridized carbons (Fsp3) is 0.471. The van der Waals surface area contributed by atoms with Gasteiger partial charge in [0.2, 0.25) is 0 Å². The average molecular weight is 343 g/mol. The molecule has 1 aromatic rings. The number of hydrogen-bond donors (Lipinski definition) is 1. The minimum absolute atomic E-state index is 0. The van der Waals surface area contributed by atoms with Crippen molar-refractivity contribution in [3.63, 3.8) is 0 Å². The zero-order chi connectivity index (χ0) is 16.8. The molecule has 130 valence electrons. The van der Waals surface area contributed by atoms with Gasteiger partial charge in [0.25, 0.3) is 5.91 Å². The third-order valence-corrected chi connectivity index (χ3v) is 3.33. The smallest absolute Gasteiger partial charge is 0.253 e. The van der Waals surface area contributed by atoms with Crippen molar-refractivity contribution in [2.75, 3.05) is 33.9 Å². The molecule has 0 atom stereocenters. The van der Waals surface area contributed by atoms with E-state index in [1.54, 1.807) is 43.3 Å². The summed E-state index contributed by atoms with van der Waals surface area (Å²) in [7, 11) is 3.32. The van der Waals surface area contributed by atoms with Crippen molar-refractivity contribution in [2.45, 2.75) is 13.8 Å². The van der Waals surface area contributed by atoms with Crippen molar-refractivity contribution in [1.82, 2.24) is 4.90 Å². The summed E-state index contributed by atoms with van der Waals surface area (Å²) in [5, 5.41) is 0. The van der Waals surface area contributed by atoms with Gasteiger partial charge in [-0.15, -0.1) is 12.4 Å². The highest BCUT2D eigenvalue weighted by Crippen LogP contribution is 2.28. The number of amides is 1. The lowest BCUT2D eigenvalue weighted by atomic mass is 9.93. The molecule has 2 N–H and O–H groups in total. The molecule has 0 spiro atoms. The summed E-state index contributed by atoms with van der Waals surface area (Å²) >= 11 is 0. The Bertz CT molecular complexity index is 533. The minimum atomic E-state index is -0.124. The van der Waals surface area contributed by atoms with Gasteiger partial charge in [-0.25, -0.2) is 0 Å². The Kier molecular flexibility index (Phi) is 8.72. The van der Waals surface area contributed by atoms with Gasteiger partial charge in [0.05, 0.1) is 7.11 Å². The molecular formula is C17H27ClN2O3. The van der Waals surface area contributed by atoms with Gasteiger partial charge in [0, 0.05) is 19.2 Å². The van der Waals surface area contributed by atoms with Crippen LogP contribution in [0.1, 0.15) is 24.2 Å². The second kappa shape index (κ2) is 9.43. The standard InChI is InChI=1S/C17H26N2O3.ClH/c1-6-9-22-14-8-7-13(10-15(14)21-5)16(20)19(4)12-17(2,3)11-18;/h6-8,10H,1,9,11-12,18H2,2-5H3;1H. The van der Waals surface area contributed by atoms with Crippen LogP contribution in [-0.2, 0) is 0 Å². The highest BCUT2D eigenvalue weighted by atomic mass is 35.5. The molecule has 0 aromatic heterocycles. The first-order valence-corrected chi connectivity index (χ1v) is 7.22. The lowest BCUT2D eigenvalue weighted by Crippen LogP contribution is -2.39. The van der Waals surface area contributed by atoms with E-state index in [4.69, 9.17) is 15.2 Å². The number of hydrogen-bond acceptors (Lipinski definition) is 4. The predicted molar refractivity (Wildman–Crippen MR) is 95.7 cm³/mol. The Morgan fingerprint density at radius 2 is 2.04 bits per heavy atom.